The summed E-state index contributed by atoms with van der Waals surface area (Å²) in [7, 11) is 0. The molecule has 0 saturated carbocycles. The summed E-state index contributed by atoms with van der Waals surface area (Å²) in [5.41, 5.74) is 7.31. The van der Waals surface area contributed by atoms with Crippen molar-refractivity contribution in [3.05, 3.63) is 82.4 Å². The van der Waals surface area contributed by atoms with Gasteiger partial charge in [-0.1, -0.05) is 48.0 Å². The van der Waals surface area contributed by atoms with Crippen LogP contribution in [0.2, 0.25) is 5.02 Å². The van der Waals surface area contributed by atoms with Crippen LogP contribution >= 0.6 is 11.6 Å². The maximum Gasteiger partial charge on any atom is 0.160 e. The standard InChI is InChI=1S/C17H12ClF2N/c18-14-9-16(20)15(19)8-13(14)17(21)12-6-5-10-3-1-2-4-11(10)7-12/h1-9,17H,21H2. The fourth-order valence-corrected chi connectivity index (χ4v) is 2.62. The van der Waals surface area contributed by atoms with Crippen LogP contribution in [-0.2, 0) is 0 Å². The minimum Gasteiger partial charge on any atom is -0.320 e. The summed E-state index contributed by atoms with van der Waals surface area (Å²) in [4.78, 5) is 0. The van der Waals surface area contributed by atoms with Gasteiger partial charge in [0.1, 0.15) is 0 Å². The zero-order chi connectivity index (χ0) is 15.0. The average Bonchev–Trinajstić information content (AvgIpc) is 2.50. The zero-order valence-electron chi connectivity index (χ0n) is 11.0. The Morgan fingerprint density at radius 1 is 0.857 bits per heavy atom. The number of hydrogen-bond acceptors (Lipinski definition) is 1. The molecule has 0 aliphatic carbocycles. The summed E-state index contributed by atoms with van der Waals surface area (Å²) in [5, 5.41) is 2.24. The van der Waals surface area contributed by atoms with E-state index in [-0.39, 0.29) is 5.02 Å². The van der Waals surface area contributed by atoms with E-state index in [2.05, 4.69) is 0 Å². The predicted molar refractivity (Wildman–Crippen MR) is 81.3 cm³/mol. The Labute approximate surface area is 126 Å². The summed E-state index contributed by atoms with van der Waals surface area (Å²) in [6.45, 7) is 0. The van der Waals surface area contributed by atoms with Crippen LogP contribution in [0, 0.1) is 11.6 Å². The van der Waals surface area contributed by atoms with Gasteiger partial charge in [0.2, 0.25) is 0 Å². The molecule has 0 fully saturated rings. The molecule has 1 atom stereocenters. The second kappa shape index (κ2) is 5.43. The maximum atomic E-state index is 13.4. The summed E-state index contributed by atoms with van der Waals surface area (Å²) >= 11 is 5.98. The smallest absolute Gasteiger partial charge is 0.160 e. The van der Waals surface area contributed by atoms with Crippen LogP contribution < -0.4 is 5.73 Å². The number of benzene rings is 3. The summed E-state index contributed by atoms with van der Waals surface area (Å²) in [6, 6.07) is 15.0. The van der Waals surface area contributed by atoms with Crippen LogP contribution in [0.4, 0.5) is 8.78 Å². The van der Waals surface area contributed by atoms with Crippen molar-refractivity contribution in [2.24, 2.45) is 5.73 Å². The molecule has 0 amide bonds. The van der Waals surface area contributed by atoms with E-state index in [0.717, 1.165) is 28.5 Å². The van der Waals surface area contributed by atoms with Gasteiger partial charge in [-0.2, -0.15) is 0 Å². The molecule has 2 N–H and O–H groups in total. The Balaban J connectivity index is 2.07. The van der Waals surface area contributed by atoms with Gasteiger partial charge in [-0.3, -0.25) is 0 Å². The van der Waals surface area contributed by atoms with E-state index < -0.39 is 17.7 Å². The van der Waals surface area contributed by atoms with Crippen molar-refractivity contribution in [2.45, 2.75) is 6.04 Å². The molecule has 1 unspecified atom stereocenters. The third-order valence-corrected chi connectivity index (χ3v) is 3.83. The van der Waals surface area contributed by atoms with Crippen molar-refractivity contribution in [3.8, 4) is 0 Å². The van der Waals surface area contributed by atoms with Crippen LogP contribution in [0.15, 0.2) is 54.6 Å². The van der Waals surface area contributed by atoms with Gasteiger partial charge in [0.15, 0.2) is 11.6 Å². The van der Waals surface area contributed by atoms with Crippen LogP contribution in [-0.4, -0.2) is 0 Å². The third-order valence-electron chi connectivity index (χ3n) is 3.51. The molecule has 3 rings (SSSR count). The molecule has 0 spiro atoms. The highest BCUT2D eigenvalue weighted by atomic mass is 35.5. The highest BCUT2D eigenvalue weighted by Gasteiger charge is 2.16. The fourth-order valence-electron chi connectivity index (χ4n) is 2.36. The molecule has 0 saturated heterocycles. The molecule has 0 aliphatic rings. The monoisotopic (exact) mass is 303 g/mol. The normalized spacial score (nSPS) is 12.6. The molecule has 3 aromatic carbocycles. The van der Waals surface area contributed by atoms with Gasteiger partial charge in [-0.15, -0.1) is 0 Å². The van der Waals surface area contributed by atoms with E-state index in [1.54, 1.807) is 0 Å². The molecular weight excluding hydrogens is 292 g/mol. The SMILES string of the molecule is NC(c1ccc2ccccc2c1)c1cc(F)c(F)cc1Cl. The number of halogens is 3. The lowest BCUT2D eigenvalue weighted by molar-refractivity contribution is 0.506. The van der Waals surface area contributed by atoms with E-state index >= 15 is 0 Å². The molecular formula is C17H12ClF2N. The first-order valence-corrected chi connectivity index (χ1v) is 6.83. The van der Waals surface area contributed by atoms with Crippen LogP contribution in [0.25, 0.3) is 10.8 Å². The number of fused-ring (bicyclic) bond motifs is 1. The molecule has 0 aromatic heterocycles. The maximum absolute atomic E-state index is 13.4. The summed E-state index contributed by atoms with van der Waals surface area (Å²) < 4.78 is 26.5. The Hall–Kier alpha value is -1.97. The van der Waals surface area contributed by atoms with E-state index in [1.807, 2.05) is 42.5 Å². The minimum absolute atomic E-state index is 0.120. The highest BCUT2D eigenvalue weighted by Crippen LogP contribution is 2.30. The number of hydrogen-bond donors (Lipinski definition) is 1. The first kappa shape index (κ1) is 14.0. The first-order chi connectivity index (χ1) is 10.1. The van der Waals surface area contributed by atoms with E-state index in [1.165, 1.54) is 0 Å². The zero-order valence-corrected chi connectivity index (χ0v) is 11.7. The first-order valence-electron chi connectivity index (χ1n) is 6.45. The van der Waals surface area contributed by atoms with Crippen molar-refractivity contribution in [2.75, 3.05) is 0 Å². The number of nitrogens with two attached hydrogens (primary N) is 1. The van der Waals surface area contributed by atoms with Crippen molar-refractivity contribution < 1.29 is 8.78 Å². The van der Waals surface area contributed by atoms with Crippen molar-refractivity contribution in [1.82, 2.24) is 0 Å². The summed E-state index contributed by atoms with van der Waals surface area (Å²) in [5.74, 6) is -1.93. The Morgan fingerprint density at radius 2 is 1.52 bits per heavy atom. The lowest BCUT2D eigenvalue weighted by atomic mass is 9.97. The minimum atomic E-state index is -0.977. The van der Waals surface area contributed by atoms with Gasteiger partial charge < -0.3 is 5.73 Å². The van der Waals surface area contributed by atoms with Crippen molar-refractivity contribution in [3.63, 3.8) is 0 Å². The van der Waals surface area contributed by atoms with Gasteiger partial charge >= 0.3 is 0 Å². The van der Waals surface area contributed by atoms with Gasteiger partial charge in [-0.25, -0.2) is 8.78 Å². The molecule has 0 radical (unpaired) electrons. The molecule has 1 nitrogen and oxygen atoms in total. The van der Waals surface area contributed by atoms with Crippen molar-refractivity contribution >= 4 is 22.4 Å². The van der Waals surface area contributed by atoms with Crippen LogP contribution in [0.3, 0.4) is 0 Å². The van der Waals surface area contributed by atoms with Crippen LogP contribution in [0.1, 0.15) is 17.2 Å². The van der Waals surface area contributed by atoms with Crippen molar-refractivity contribution in [1.29, 1.82) is 0 Å². The topological polar surface area (TPSA) is 26.0 Å². The third kappa shape index (κ3) is 2.62. The fraction of sp³-hybridized carbons (Fsp3) is 0.0588. The second-order valence-electron chi connectivity index (χ2n) is 4.87. The van der Waals surface area contributed by atoms with Gasteiger partial charge in [0, 0.05) is 5.02 Å². The van der Waals surface area contributed by atoms with Gasteiger partial charge in [-0.05, 0) is 40.1 Å². The molecule has 21 heavy (non-hydrogen) atoms. The Morgan fingerprint density at radius 3 is 2.29 bits per heavy atom. The van der Waals surface area contributed by atoms with E-state index in [9.17, 15) is 8.78 Å². The molecule has 4 heteroatoms. The Kier molecular flexibility index (Phi) is 3.62. The van der Waals surface area contributed by atoms with E-state index in [0.29, 0.717) is 5.56 Å². The molecule has 0 aliphatic heterocycles. The second-order valence-corrected chi connectivity index (χ2v) is 5.28. The predicted octanol–water partition coefficient (Wildman–Crippen LogP) is 4.82. The average molecular weight is 304 g/mol. The highest BCUT2D eigenvalue weighted by molar-refractivity contribution is 6.31. The number of rotatable bonds is 2. The quantitative estimate of drug-likeness (QED) is 0.675. The molecule has 3 aromatic rings. The molecule has 0 bridgehead atoms. The lowest BCUT2D eigenvalue weighted by Gasteiger charge is -2.15. The van der Waals surface area contributed by atoms with Crippen LogP contribution in [0.5, 0.6) is 0 Å². The Bertz CT molecular complexity index is 817. The van der Waals surface area contributed by atoms with Gasteiger partial charge in [0.25, 0.3) is 0 Å². The van der Waals surface area contributed by atoms with Gasteiger partial charge in [0.05, 0.1) is 6.04 Å². The molecule has 0 heterocycles. The lowest BCUT2D eigenvalue weighted by Crippen LogP contribution is -2.13. The van der Waals surface area contributed by atoms with E-state index in [4.69, 9.17) is 17.3 Å². The summed E-state index contributed by atoms with van der Waals surface area (Å²) in [6.07, 6.45) is 0. The largest absolute Gasteiger partial charge is 0.320 e. The molecule has 106 valence electrons.